The van der Waals surface area contributed by atoms with E-state index in [1.807, 2.05) is 13.0 Å². The number of rotatable bonds is 2. The van der Waals surface area contributed by atoms with Crippen molar-refractivity contribution in [2.75, 3.05) is 0 Å². The first-order chi connectivity index (χ1) is 9.28. The number of allylic oxidation sites excluding steroid dienone is 2. The lowest BCUT2D eigenvalue weighted by Crippen LogP contribution is -2.12. The molecule has 0 saturated carbocycles. The lowest BCUT2D eigenvalue weighted by Gasteiger charge is -2.15. The molecule has 0 aliphatic heterocycles. The van der Waals surface area contributed by atoms with Crippen LogP contribution in [0.5, 0.6) is 0 Å². The molecule has 0 amide bonds. The number of nitrogens with zero attached hydrogens (tertiary/aromatic N) is 2. The summed E-state index contributed by atoms with van der Waals surface area (Å²) < 4.78 is 0. The van der Waals surface area contributed by atoms with Crippen molar-refractivity contribution in [3.63, 3.8) is 0 Å². The number of thiazole rings is 1. The Morgan fingerprint density at radius 3 is 2.47 bits per heavy atom. The van der Waals surface area contributed by atoms with E-state index in [1.54, 1.807) is 11.3 Å². The van der Waals surface area contributed by atoms with Crippen molar-refractivity contribution < 1.29 is 0 Å². The van der Waals surface area contributed by atoms with Crippen molar-refractivity contribution in [1.29, 1.82) is 0 Å². The maximum Gasteiger partial charge on any atom is 0.143 e. The SMILES string of the molecule is Cc1nc2ccc(C3(c4ccccc4)C=C3)nc2s1. The maximum absolute atomic E-state index is 4.80. The number of hydrogen-bond donors (Lipinski definition) is 0. The molecule has 1 aliphatic carbocycles. The summed E-state index contributed by atoms with van der Waals surface area (Å²) >= 11 is 1.66. The molecule has 19 heavy (non-hydrogen) atoms. The Morgan fingerprint density at radius 1 is 0.947 bits per heavy atom. The Bertz CT molecular complexity index is 781. The number of fused-ring (bicyclic) bond motifs is 1. The second kappa shape index (κ2) is 3.75. The molecule has 0 N–H and O–H groups in total. The minimum Gasteiger partial charge on any atom is -0.240 e. The highest BCUT2D eigenvalue weighted by molar-refractivity contribution is 7.18. The molecule has 0 unspecified atom stereocenters. The zero-order valence-electron chi connectivity index (χ0n) is 10.5. The van der Waals surface area contributed by atoms with Crippen LogP contribution in [0.3, 0.4) is 0 Å². The summed E-state index contributed by atoms with van der Waals surface area (Å²) in [6.07, 6.45) is 4.43. The van der Waals surface area contributed by atoms with Crippen LogP contribution in [0, 0.1) is 6.92 Å². The second-order valence-electron chi connectivity index (χ2n) is 4.82. The lowest BCUT2D eigenvalue weighted by atomic mass is 9.89. The van der Waals surface area contributed by atoms with Gasteiger partial charge in [-0.25, -0.2) is 9.97 Å². The monoisotopic (exact) mass is 264 g/mol. The van der Waals surface area contributed by atoms with Crippen LogP contribution >= 0.6 is 11.3 Å². The van der Waals surface area contributed by atoms with Crippen LogP contribution in [0.25, 0.3) is 10.3 Å². The highest BCUT2D eigenvalue weighted by Crippen LogP contribution is 2.44. The number of hydrogen-bond acceptors (Lipinski definition) is 3. The van der Waals surface area contributed by atoms with Gasteiger partial charge in [-0.3, -0.25) is 0 Å². The Balaban J connectivity index is 1.86. The average molecular weight is 264 g/mol. The van der Waals surface area contributed by atoms with E-state index in [-0.39, 0.29) is 5.41 Å². The van der Waals surface area contributed by atoms with E-state index in [0.717, 1.165) is 21.0 Å². The molecule has 2 aromatic heterocycles. The number of pyridine rings is 1. The smallest absolute Gasteiger partial charge is 0.143 e. The fourth-order valence-corrected chi connectivity index (χ4v) is 3.25. The molecule has 3 aromatic rings. The summed E-state index contributed by atoms with van der Waals surface area (Å²) in [4.78, 5) is 10.3. The summed E-state index contributed by atoms with van der Waals surface area (Å²) in [5.41, 5.74) is 3.28. The van der Waals surface area contributed by atoms with Gasteiger partial charge in [0.25, 0.3) is 0 Å². The Labute approximate surface area is 115 Å². The van der Waals surface area contributed by atoms with Crippen molar-refractivity contribution in [1.82, 2.24) is 9.97 Å². The van der Waals surface area contributed by atoms with E-state index < -0.39 is 0 Å². The van der Waals surface area contributed by atoms with E-state index in [9.17, 15) is 0 Å². The molecule has 3 heteroatoms. The molecule has 0 radical (unpaired) electrons. The third kappa shape index (κ3) is 1.62. The van der Waals surface area contributed by atoms with Crippen molar-refractivity contribution in [3.05, 3.63) is 70.9 Å². The predicted molar refractivity (Wildman–Crippen MR) is 78.5 cm³/mol. The van der Waals surface area contributed by atoms with Gasteiger partial charge in [0.15, 0.2) is 0 Å². The van der Waals surface area contributed by atoms with Gasteiger partial charge in [0, 0.05) is 0 Å². The zero-order chi connectivity index (χ0) is 12.9. The first-order valence-corrected chi connectivity index (χ1v) is 7.10. The topological polar surface area (TPSA) is 25.8 Å². The first-order valence-electron chi connectivity index (χ1n) is 6.28. The molecule has 92 valence electrons. The summed E-state index contributed by atoms with van der Waals surface area (Å²) in [5, 5.41) is 1.07. The van der Waals surface area contributed by atoms with Gasteiger partial charge < -0.3 is 0 Å². The van der Waals surface area contributed by atoms with Crippen molar-refractivity contribution in [2.45, 2.75) is 12.3 Å². The molecule has 0 bridgehead atoms. The van der Waals surface area contributed by atoms with Crippen LogP contribution in [0.4, 0.5) is 0 Å². The highest BCUT2D eigenvalue weighted by Gasteiger charge is 2.39. The van der Waals surface area contributed by atoms with Crippen molar-refractivity contribution >= 4 is 21.7 Å². The fraction of sp³-hybridized carbons (Fsp3) is 0.125. The molecule has 1 aromatic carbocycles. The quantitative estimate of drug-likeness (QED) is 0.657. The number of benzene rings is 1. The lowest BCUT2D eigenvalue weighted by molar-refractivity contribution is 0.887. The molecular formula is C16H12N2S. The van der Waals surface area contributed by atoms with Crippen LogP contribution in [-0.4, -0.2) is 9.97 Å². The largest absolute Gasteiger partial charge is 0.240 e. The van der Waals surface area contributed by atoms with E-state index in [0.29, 0.717) is 0 Å². The van der Waals surface area contributed by atoms with Crippen LogP contribution in [0.2, 0.25) is 0 Å². The van der Waals surface area contributed by atoms with E-state index >= 15 is 0 Å². The van der Waals surface area contributed by atoms with Crippen LogP contribution in [0.1, 0.15) is 16.3 Å². The number of aromatic nitrogens is 2. The van der Waals surface area contributed by atoms with Gasteiger partial charge in [-0.05, 0) is 24.6 Å². The zero-order valence-corrected chi connectivity index (χ0v) is 11.3. The summed E-state index contributed by atoms with van der Waals surface area (Å²) in [6.45, 7) is 2.02. The summed E-state index contributed by atoms with van der Waals surface area (Å²) in [6, 6.07) is 14.7. The highest BCUT2D eigenvalue weighted by atomic mass is 32.1. The van der Waals surface area contributed by atoms with Crippen LogP contribution in [0.15, 0.2) is 54.6 Å². The molecule has 4 rings (SSSR count). The van der Waals surface area contributed by atoms with Gasteiger partial charge in [-0.15, -0.1) is 0 Å². The standard InChI is InChI=1S/C16H12N2S/c1-11-17-13-7-8-14(18-15(13)19-11)16(9-10-16)12-5-3-2-4-6-12/h2-10H,1H3. The number of aryl methyl sites for hydroxylation is 1. The van der Waals surface area contributed by atoms with Gasteiger partial charge in [-0.2, -0.15) is 0 Å². The molecule has 2 heterocycles. The van der Waals surface area contributed by atoms with E-state index in [1.165, 1.54) is 5.56 Å². The molecule has 0 spiro atoms. The molecule has 1 aliphatic rings. The van der Waals surface area contributed by atoms with Crippen LogP contribution < -0.4 is 0 Å². The molecule has 0 fully saturated rings. The van der Waals surface area contributed by atoms with Gasteiger partial charge in [-0.1, -0.05) is 53.8 Å². The third-order valence-corrected chi connectivity index (χ3v) is 4.42. The minimum absolute atomic E-state index is 0.0899. The summed E-state index contributed by atoms with van der Waals surface area (Å²) in [7, 11) is 0. The van der Waals surface area contributed by atoms with Crippen LogP contribution in [-0.2, 0) is 5.41 Å². The summed E-state index contributed by atoms with van der Waals surface area (Å²) in [5.74, 6) is 0. The normalized spacial score (nSPS) is 15.8. The maximum atomic E-state index is 4.80. The Hall–Kier alpha value is -2.00. The van der Waals surface area contributed by atoms with Crippen molar-refractivity contribution in [2.24, 2.45) is 0 Å². The minimum atomic E-state index is -0.0899. The van der Waals surface area contributed by atoms with Gasteiger partial charge in [0.2, 0.25) is 0 Å². The predicted octanol–water partition coefficient (Wildman–Crippen LogP) is 3.86. The van der Waals surface area contributed by atoms with Gasteiger partial charge in [0.05, 0.1) is 16.1 Å². The molecule has 0 atom stereocenters. The third-order valence-electron chi connectivity index (χ3n) is 3.54. The molecular weight excluding hydrogens is 252 g/mol. The fourth-order valence-electron chi connectivity index (χ4n) is 2.46. The van der Waals surface area contributed by atoms with Gasteiger partial charge in [0.1, 0.15) is 10.3 Å². The van der Waals surface area contributed by atoms with E-state index in [2.05, 4.69) is 53.5 Å². The Kier molecular flexibility index (Phi) is 2.15. The Morgan fingerprint density at radius 2 is 1.74 bits per heavy atom. The first kappa shape index (κ1) is 10.9. The molecule has 0 saturated heterocycles. The van der Waals surface area contributed by atoms with Crippen molar-refractivity contribution in [3.8, 4) is 0 Å². The molecule has 2 nitrogen and oxygen atoms in total. The second-order valence-corrected chi connectivity index (χ2v) is 6.00. The van der Waals surface area contributed by atoms with E-state index in [4.69, 9.17) is 4.98 Å². The average Bonchev–Trinajstić information content (AvgIpc) is 3.16. The van der Waals surface area contributed by atoms with Gasteiger partial charge >= 0.3 is 0 Å².